The van der Waals surface area contributed by atoms with Gasteiger partial charge in [-0.15, -0.1) is 0 Å². The Hall–Kier alpha value is -2.88. The highest BCUT2D eigenvalue weighted by Gasteiger charge is 2.16. The van der Waals surface area contributed by atoms with Gasteiger partial charge in [-0.3, -0.25) is 0 Å². The van der Waals surface area contributed by atoms with Crippen LogP contribution < -0.4 is 5.11 Å². The first-order valence-electron chi connectivity index (χ1n) is 8.00. The topological polar surface area (TPSA) is 61.5 Å². The van der Waals surface area contributed by atoms with Gasteiger partial charge in [0.15, 0.2) is 0 Å². The van der Waals surface area contributed by atoms with E-state index < -0.39 is 0 Å². The highest BCUT2D eigenvalue weighted by atomic mass is 16.5. The summed E-state index contributed by atoms with van der Waals surface area (Å²) in [6.45, 7) is 4.15. The summed E-state index contributed by atoms with van der Waals surface area (Å²) >= 11 is 0. The largest absolute Gasteiger partial charge is 0.862 e. The van der Waals surface area contributed by atoms with Gasteiger partial charge in [-0.1, -0.05) is 66.7 Å². The molecule has 0 aliphatic heterocycles. The molecule has 0 amide bonds. The first-order chi connectivity index (χ1) is 11.7. The van der Waals surface area contributed by atoms with Crippen LogP contribution in [-0.4, -0.2) is 11.1 Å². The molecule has 2 aromatic carbocycles. The smallest absolute Gasteiger partial charge is 0.142 e. The highest BCUT2D eigenvalue weighted by molar-refractivity contribution is 5.81. The van der Waals surface area contributed by atoms with Crippen LogP contribution in [0.25, 0.3) is 22.4 Å². The summed E-state index contributed by atoms with van der Waals surface area (Å²) < 4.78 is 5.42. The van der Waals surface area contributed by atoms with Crippen LogP contribution in [0.15, 0.2) is 64.1 Å². The molecule has 1 aromatic heterocycles. The number of aliphatic imine (C=N–C) groups is 1. The lowest BCUT2D eigenvalue weighted by atomic mass is 9.98. The number of rotatable bonds is 5. The first kappa shape index (κ1) is 16.0. The highest BCUT2D eigenvalue weighted by Crippen LogP contribution is 2.34. The third kappa shape index (κ3) is 3.38. The molecule has 0 aliphatic carbocycles. The van der Waals surface area contributed by atoms with Crippen molar-refractivity contribution in [2.45, 2.75) is 26.8 Å². The molecule has 0 radical (unpaired) electrons. The second kappa shape index (κ2) is 7.13. The molecule has 0 spiro atoms. The number of hydrogen-bond acceptors (Lipinski definition) is 4. The number of benzene rings is 2. The van der Waals surface area contributed by atoms with Crippen molar-refractivity contribution in [1.29, 1.82) is 0 Å². The molecule has 0 atom stereocenters. The molecule has 4 heteroatoms. The zero-order valence-electron chi connectivity index (χ0n) is 13.8. The molecule has 0 N–H and O–H groups in total. The summed E-state index contributed by atoms with van der Waals surface area (Å²) in [7, 11) is 0. The molecule has 4 nitrogen and oxygen atoms in total. The van der Waals surface area contributed by atoms with Crippen molar-refractivity contribution < 1.29 is 9.63 Å². The summed E-state index contributed by atoms with van der Waals surface area (Å²) in [5, 5.41) is 15.5. The van der Waals surface area contributed by atoms with Crippen LogP contribution in [0.4, 0.5) is 0 Å². The molecule has 1 heterocycles. The monoisotopic (exact) mass is 319 g/mol. The van der Waals surface area contributed by atoms with E-state index in [0.717, 1.165) is 33.7 Å². The van der Waals surface area contributed by atoms with Crippen LogP contribution in [-0.2, 0) is 6.54 Å². The summed E-state index contributed by atoms with van der Waals surface area (Å²) in [5.41, 5.74) is 4.91. The second-order valence-electron chi connectivity index (χ2n) is 5.59. The fourth-order valence-corrected chi connectivity index (χ4v) is 2.57. The Morgan fingerprint density at radius 1 is 1.04 bits per heavy atom. The van der Waals surface area contributed by atoms with Gasteiger partial charge < -0.3 is 14.6 Å². The molecule has 3 rings (SSSR count). The Balaban J connectivity index is 1.92. The zero-order chi connectivity index (χ0) is 16.9. The van der Waals surface area contributed by atoms with E-state index in [-0.39, 0.29) is 5.90 Å². The van der Waals surface area contributed by atoms with Crippen LogP contribution in [0.1, 0.15) is 24.7 Å². The average Bonchev–Trinajstić information content (AvgIpc) is 3.02. The summed E-state index contributed by atoms with van der Waals surface area (Å²) in [6, 6.07) is 18.0. The summed E-state index contributed by atoms with van der Waals surface area (Å²) in [5.74, 6) is 0.716. The minimum absolute atomic E-state index is 0.0691. The summed E-state index contributed by atoms with van der Waals surface area (Å²) in [4.78, 5) is 4.02. The molecular weight excluding hydrogens is 300 g/mol. The molecule has 0 bridgehead atoms. The third-order valence-corrected chi connectivity index (χ3v) is 3.89. The quantitative estimate of drug-likeness (QED) is 0.528. The van der Waals surface area contributed by atoms with Crippen molar-refractivity contribution in [2.75, 3.05) is 0 Å². The Labute approximate surface area is 141 Å². The van der Waals surface area contributed by atoms with Crippen molar-refractivity contribution in [3.63, 3.8) is 0 Å². The Morgan fingerprint density at radius 2 is 1.75 bits per heavy atom. The average molecular weight is 319 g/mol. The maximum atomic E-state index is 11.3. The van der Waals surface area contributed by atoms with E-state index in [2.05, 4.69) is 10.1 Å². The Bertz CT molecular complexity index is 834. The molecule has 0 aliphatic rings. The normalized spacial score (nSPS) is 11.7. The van der Waals surface area contributed by atoms with Gasteiger partial charge in [0, 0.05) is 5.56 Å². The van der Waals surface area contributed by atoms with Crippen LogP contribution in [0, 0.1) is 6.92 Å². The standard InChI is InChI=1S/C20H20N2O2/c1-3-18(23)21-13-15-9-11-16(12-10-15)19-14(2)24-22-20(19)17-7-5-4-6-8-17/h4-12H,3,13H2,1-2H3,(H,21,23)/p-1. The molecule has 0 fully saturated rings. The van der Waals surface area contributed by atoms with Crippen LogP contribution in [0.3, 0.4) is 0 Å². The lowest BCUT2D eigenvalue weighted by molar-refractivity contribution is -0.218. The fourth-order valence-electron chi connectivity index (χ4n) is 2.57. The van der Waals surface area contributed by atoms with Gasteiger partial charge in [-0.2, -0.15) is 0 Å². The fraction of sp³-hybridized carbons (Fsp3) is 0.200. The number of aromatic nitrogens is 1. The van der Waals surface area contributed by atoms with E-state index in [4.69, 9.17) is 4.52 Å². The van der Waals surface area contributed by atoms with E-state index in [1.165, 1.54) is 0 Å². The van der Waals surface area contributed by atoms with Gasteiger partial charge >= 0.3 is 0 Å². The zero-order valence-corrected chi connectivity index (χ0v) is 13.8. The molecular formula is C20H19N2O2-. The first-order valence-corrected chi connectivity index (χ1v) is 8.00. The van der Waals surface area contributed by atoms with Crippen molar-refractivity contribution in [1.82, 2.24) is 5.16 Å². The molecule has 24 heavy (non-hydrogen) atoms. The lowest BCUT2D eigenvalue weighted by Crippen LogP contribution is -2.15. The van der Waals surface area contributed by atoms with Gasteiger partial charge in [0.05, 0.1) is 12.1 Å². The molecule has 122 valence electrons. The SMILES string of the molecule is CCC([O-])=NCc1ccc(-c2c(-c3ccccc3)noc2C)cc1. The third-order valence-electron chi connectivity index (χ3n) is 3.89. The van der Waals surface area contributed by atoms with Gasteiger partial charge in [0.25, 0.3) is 0 Å². The maximum Gasteiger partial charge on any atom is 0.142 e. The summed E-state index contributed by atoms with van der Waals surface area (Å²) in [6.07, 6.45) is 0.443. The van der Waals surface area contributed by atoms with Gasteiger partial charge in [-0.05, 0) is 30.4 Å². The van der Waals surface area contributed by atoms with E-state index in [1.807, 2.05) is 68.4 Å². The van der Waals surface area contributed by atoms with E-state index >= 15 is 0 Å². The van der Waals surface area contributed by atoms with Crippen molar-refractivity contribution >= 4 is 5.90 Å². The van der Waals surface area contributed by atoms with Crippen LogP contribution >= 0.6 is 0 Å². The Morgan fingerprint density at radius 3 is 2.42 bits per heavy atom. The number of nitrogens with zero attached hydrogens (tertiary/aromatic N) is 2. The minimum atomic E-state index is -0.0691. The van der Waals surface area contributed by atoms with Gasteiger partial charge in [0.1, 0.15) is 11.5 Å². The van der Waals surface area contributed by atoms with E-state index in [1.54, 1.807) is 0 Å². The maximum absolute atomic E-state index is 11.3. The van der Waals surface area contributed by atoms with Gasteiger partial charge in [0.2, 0.25) is 0 Å². The van der Waals surface area contributed by atoms with Crippen molar-refractivity contribution in [3.05, 3.63) is 65.9 Å². The van der Waals surface area contributed by atoms with Crippen LogP contribution in [0.2, 0.25) is 0 Å². The predicted octanol–water partition coefficient (Wildman–Crippen LogP) is 3.99. The Kier molecular flexibility index (Phi) is 4.75. The number of hydrogen-bond donors (Lipinski definition) is 0. The molecule has 0 saturated carbocycles. The predicted molar refractivity (Wildman–Crippen MR) is 93.5 cm³/mol. The van der Waals surface area contributed by atoms with Gasteiger partial charge in [-0.25, -0.2) is 0 Å². The van der Waals surface area contributed by atoms with Crippen molar-refractivity contribution in [2.24, 2.45) is 4.99 Å². The second-order valence-corrected chi connectivity index (χ2v) is 5.59. The minimum Gasteiger partial charge on any atom is -0.862 e. The number of aryl methyl sites for hydroxylation is 1. The molecule has 0 unspecified atom stereocenters. The van der Waals surface area contributed by atoms with Crippen molar-refractivity contribution in [3.8, 4) is 22.4 Å². The molecule has 0 saturated heterocycles. The molecule has 3 aromatic rings. The van der Waals surface area contributed by atoms with E-state index in [9.17, 15) is 5.11 Å². The van der Waals surface area contributed by atoms with E-state index in [0.29, 0.717) is 13.0 Å². The van der Waals surface area contributed by atoms with Crippen LogP contribution in [0.5, 0.6) is 0 Å². The lowest BCUT2D eigenvalue weighted by Gasteiger charge is -2.08.